The van der Waals surface area contributed by atoms with Gasteiger partial charge in [0.25, 0.3) is 0 Å². The van der Waals surface area contributed by atoms with E-state index in [1.807, 2.05) is 38.7 Å². The van der Waals surface area contributed by atoms with Crippen molar-refractivity contribution in [2.75, 3.05) is 27.3 Å². The van der Waals surface area contributed by atoms with Gasteiger partial charge in [0.15, 0.2) is 0 Å². The van der Waals surface area contributed by atoms with Gasteiger partial charge in [-0.3, -0.25) is 9.59 Å². The molecule has 2 aromatic carbocycles. The predicted octanol–water partition coefficient (Wildman–Crippen LogP) is 7.44. The highest BCUT2D eigenvalue weighted by Crippen LogP contribution is 2.43. The molecule has 0 saturated carbocycles. The van der Waals surface area contributed by atoms with Gasteiger partial charge in [-0.15, -0.1) is 22.7 Å². The summed E-state index contributed by atoms with van der Waals surface area (Å²) in [5.41, 5.74) is 10.9. The van der Waals surface area contributed by atoms with Crippen LogP contribution in [0, 0.1) is 11.8 Å². The average Bonchev–Trinajstić information content (AvgIpc) is 4.10. The number of hydrogen-bond acceptors (Lipinski definition) is 12. The molecular weight excluding hydrogens is 805 g/mol. The minimum absolute atomic E-state index is 0.128. The molecule has 314 valence electrons. The van der Waals surface area contributed by atoms with Gasteiger partial charge in [0, 0.05) is 35.3 Å². The maximum absolute atomic E-state index is 13.7. The molecule has 16 nitrogen and oxygen atoms in total. The molecule has 0 spiro atoms. The number of amides is 4. The van der Waals surface area contributed by atoms with Gasteiger partial charge >= 0.3 is 12.2 Å². The van der Waals surface area contributed by atoms with Crippen LogP contribution in [-0.4, -0.2) is 103 Å². The summed E-state index contributed by atoms with van der Waals surface area (Å²) in [5.74, 6) is 0.808. The molecule has 8 rings (SSSR count). The summed E-state index contributed by atoms with van der Waals surface area (Å²) in [6.07, 6.45) is 5.48. The summed E-state index contributed by atoms with van der Waals surface area (Å²) in [7, 11) is 2.57. The molecule has 0 radical (unpaired) electrons. The number of aromatic amines is 2. The summed E-state index contributed by atoms with van der Waals surface area (Å²) in [6, 6.07) is 6.40. The van der Waals surface area contributed by atoms with Crippen LogP contribution in [0.4, 0.5) is 9.59 Å². The Bertz CT molecular complexity index is 2380. The molecular formula is C42H48N10O6S2. The first-order valence-electron chi connectivity index (χ1n) is 20.1. The van der Waals surface area contributed by atoms with Crippen LogP contribution in [-0.2, 0) is 19.1 Å². The van der Waals surface area contributed by atoms with Crippen molar-refractivity contribution < 1.29 is 28.7 Å². The van der Waals surface area contributed by atoms with Gasteiger partial charge in [0.2, 0.25) is 11.8 Å². The topological polar surface area (TPSA) is 200 Å². The number of aromatic nitrogens is 6. The lowest BCUT2D eigenvalue weighted by Crippen LogP contribution is -2.51. The number of alkyl carbamates (subject to hydrolysis) is 2. The van der Waals surface area contributed by atoms with E-state index in [0.29, 0.717) is 24.7 Å². The molecule has 0 aliphatic carbocycles. The van der Waals surface area contributed by atoms with E-state index in [0.717, 1.165) is 79.8 Å². The van der Waals surface area contributed by atoms with Crippen LogP contribution in [0.15, 0.2) is 47.7 Å². The molecule has 18 heteroatoms. The number of thiazole rings is 2. The van der Waals surface area contributed by atoms with Crippen molar-refractivity contribution in [2.24, 2.45) is 11.8 Å². The van der Waals surface area contributed by atoms with E-state index in [9.17, 15) is 19.2 Å². The van der Waals surface area contributed by atoms with Crippen LogP contribution < -0.4 is 10.6 Å². The van der Waals surface area contributed by atoms with Crippen molar-refractivity contribution in [3.63, 3.8) is 0 Å². The zero-order valence-corrected chi connectivity index (χ0v) is 35.9. The number of benzene rings is 2. The maximum Gasteiger partial charge on any atom is 0.407 e. The fraction of sp³-hybridized carbons (Fsp3) is 0.429. The van der Waals surface area contributed by atoms with Crippen LogP contribution in [0.1, 0.15) is 77.1 Å². The van der Waals surface area contributed by atoms with E-state index in [4.69, 9.17) is 29.4 Å². The molecule has 4 aromatic heterocycles. The summed E-state index contributed by atoms with van der Waals surface area (Å²) in [6.45, 7) is 8.73. The van der Waals surface area contributed by atoms with E-state index in [2.05, 4.69) is 44.9 Å². The lowest BCUT2D eigenvalue weighted by Gasteiger charge is -2.30. The number of H-pyrrole nitrogens is 2. The Balaban J connectivity index is 1.05. The second-order valence-electron chi connectivity index (χ2n) is 15.8. The summed E-state index contributed by atoms with van der Waals surface area (Å²) < 4.78 is 11.6. The number of carbonyl (C=O) groups is 4. The molecule has 2 aliphatic heterocycles. The van der Waals surface area contributed by atoms with Crippen molar-refractivity contribution in [1.82, 2.24) is 50.3 Å². The van der Waals surface area contributed by atoms with E-state index in [1.165, 1.54) is 14.2 Å². The van der Waals surface area contributed by atoms with E-state index in [1.54, 1.807) is 44.9 Å². The Labute approximate surface area is 354 Å². The van der Waals surface area contributed by atoms with Crippen molar-refractivity contribution in [1.29, 1.82) is 0 Å². The fourth-order valence-corrected chi connectivity index (χ4v) is 10.1. The molecule has 2 aliphatic rings. The Morgan fingerprint density at radius 1 is 0.650 bits per heavy atom. The van der Waals surface area contributed by atoms with Crippen molar-refractivity contribution in [3.8, 4) is 33.6 Å². The fourth-order valence-electron chi connectivity index (χ4n) is 8.43. The minimum Gasteiger partial charge on any atom is -0.453 e. The number of likely N-dealkylation sites (tertiary alicyclic amines) is 2. The van der Waals surface area contributed by atoms with Gasteiger partial charge in [0.1, 0.15) is 23.7 Å². The first kappa shape index (κ1) is 40.9. The number of methoxy groups -OCH3 is 2. The molecule has 6 aromatic rings. The van der Waals surface area contributed by atoms with E-state index >= 15 is 0 Å². The zero-order valence-electron chi connectivity index (χ0n) is 34.3. The normalized spacial score (nSPS) is 17.8. The lowest BCUT2D eigenvalue weighted by atomic mass is 9.99. The van der Waals surface area contributed by atoms with E-state index in [-0.39, 0.29) is 35.7 Å². The highest BCUT2D eigenvalue weighted by atomic mass is 32.1. The third-order valence-corrected chi connectivity index (χ3v) is 13.2. The minimum atomic E-state index is -0.715. The van der Waals surface area contributed by atoms with Gasteiger partial charge in [-0.05, 0) is 49.7 Å². The number of rotatable bonds is 11. The number of ether oxygens (including phenoxy) is 2. The number of nitrogens with zero attached hydrogens (tertiary/aromatic N) is 6. The van der Waals surface area contributed by atoms with Crippen LogP contribution in [0.25, 0.3) is 54.1 Å². The Morgan fingerprint density at radius 2 is 1.05 bits per heavy atom. The molecule has 60 heavy (non-hydrogen) atoms. The Morgan fingerprint density at radius 3 is 1.43 bits per heavy atom. The Kier molecular flexibility index (Phi) is 11.6. The zero-order chi connectivity index (χ0) is 42.2. The highest BCUT2D eigenvalue weighted by molar-refractivity contribution is 7.18. The van der Waals surface area contributed by atoms with Gasteiger partial charge in [0.05, 0.1) is 81.5 Å². The third-order valence-electron chi connectivity index (χ3n) is 11.5. The quantitative estimate of drug-likeness (QED) is 0.102. The van der Waals surface area contributed by atoms with Gasteiger partial charge < -0.3 is 39.9 Å². The average molecular weight is 853 g/mol. The second-order valence-corrected chi connectivity index (χ2v) is 17.5. The molecule has 0 bridgehead atoms. The molecule has 6 heterocycles. The Hall–Kier alpha value is -5.88. The summed E-state index contributed by atoms with van der Waals surface area (Å²) in [5, 5.41) is 5.42. The molecule has 4 atom stereocenters. The van der Waals surface area contributed by atoms with Crippen LogP contribution in [0.5, 0.6) is 0 Å². The van der Waals surface area contributed by atoms with E-state index < -0.39 is 24.3 Å². The van der Waals surface area contributed by atoms with Gasteiger partial charge in [-0.2, -0.15) is 0 Å². The number of fused-ring (bicyclic) bond motifs is 2. The largest absolute Gasteiger partial charge is 0.453 e. The van der Waals surface area contributed by atoms with Crippen LogP contribution in [0.2, 0.25) is 0 Å². The van der Waals surface area contributed by atoms with Crippen LogP contribution in [0.3, 0.4) is 0 Å². The predicted molar refractivity (Wildman–Crippen MR) is 229 cm³/mol. The standard InChI is InChI=1S/C42H48N10O6S2/c1-21(2)31(49-41(55)57-5)39(53)51-15-7-9-29(51)37-43-17-27(47-37)25-13-11-23(35-33(25)45-19-59-35)24-12-14-26(34-36(24)60-20-46-34)28-18-44-38(48-28)30-10-8-16-52(30)40(54)32(22(3)4)50-42(56)58-6/h11-14,17-22,29-32H,7-10,15-16H2,1-6H3,(H,43,47)(H,44,48)(H,49,55)(H,50,56)/t29-,30-,31-,32-/m0/s1. The van der Waals surface area contributed by atoms with Crippen LogP contribution >= 0.6 is 22.7 Å². The second kappa shape index (κ2) is 17.0. The summed E-state index contributed by atoms with van der Waals surface area (Å²) in [4.78, 5) is 81.3. The first-order valence-corrected chi connectivity index (χ1v) is 21.9. The molecule has 4 amide bonds. The first-order chi connectivity index (χ1) is 29.0. The van der Waals surface area contributed by atoms with Gasteiger partial charge in [-0.25, -0.2) is 29.5 Å². The lowest BCUT2D eigenvalue weighted by molar-refractivity contribution is -0.136. The number of imidazole rings is 2. The molecule has 2 fully saturated rings. The van der Waals surface area contributed by atoms with Crippen molar-refractivity contribution in [3.05, 3.63) is 59.3 Å². The number of nitrogens with one attached hydrogen (secondary N) is 4. The molecule has 2 saturated heterocycles. The number of hydrogen-bond donors (Lipinski definition) is 4. The molecule has 4 N–H and O–H groups in total. The monoisotopic (exact) mass is 852 g/mol. The molecule has 0 unspecified atom stereocenters. The third kappa shape index (κ3) is 7.57. The smallest absolute Gasteiger partial charge is 0.407 e. The van der Waals surface area contributed by atoms with Crippen molar-refractivity contribution in [2.45, 2.75) is 77.5 Å². The van der Waals surface area contributed by atoms with Crippen molar-refractivity contribution >= 4 is 67.1 Å². The maximum atomic E-state index is 13.7. The highest BCUT2D eigenvalue weighted by Gasteiger charge is 2.39. The summed E-state index contributed by atoms with van der Waals surface area (Å²) >= 11 is 3.14. The van der Waals surface area contributed by atoms with Gasteiger partial charge in [-0.1, -0.05) is 39.8 Å². The number of carbonyl (C=O) groups excluding carboxylic acids is 4. The SMILES string of the molecule is COC(=O)N[C@H](C(=O)N1CCC[C@H]1c1ncc(-c2ccc(-c3ccc(-c4cnc([C@@H]5CCCN5C(=O)[C@@H](NC(=O)OC)C(C)C)[nH]4)c4ncsc34)c3scnc23)[nH]1)C(C)C.